The van der Waals surface area contributed by atoms with Gasteiger partial charge < -0.3 is 10.2 Å². The Morgan fingerprint density at radius 1 is 0.567 bits per heavy atom. The number of hydrogen-bond donors (Lipinski definition) is 3. The first kappa shape index (κ1) is 30.2. The highest BCUT2D eigenvalue weighted by molar-refractivity contribution is 7.80. The molecule has 2 N–H and O–H groups in total. The highest BCUT2D eigenvalue weighted by Gasteiger charge is 2.15. The topological polar surface area (TPSA) is 43.7 Å². The van der Waals surface area contributed by atoms with E-state index in [1.807, 2.05) is 0 Å². The summed E-state index contributed by atoms with van der Waals surface area (Å²) in [6.07, 6.45) is 22.0. The van der Waals surface area contributed by atoms with Crippen molar-refractivity contribution in [1.29, 1.82) is 0 Å². The molecule has 0 rings (SSSR count). The van der Waals surface area contributed by atoms with Crippen molar-refractivity contribution in [3.63, 3.8) is 0 Å². The maximum atomic E-state index is 10.4. The molecule has 0 fully saturated rings. The van der Waals surface area contributed by atoms with Crippen molar-refractivity contribution in [3.05, 3.63) is 0 Å². The van der Waals surface area contributed by atoms with Crippen LogP contribution in [-0.2, 0) is 0 Å². The first-order valence-corrected chi connectivity index (χ1v) is 14.0. The average Bonchev–Trinajstić information content (AvgIpc) is 2.72. The molecule has 0 spiro atoms. The van der Waals surface area contributed by atoms with Crippen LogP contribution in [0.3, 0.4) is 0 Å². The van der Waals surface area contributed by atoms with Gasteiger partial charge in [0.2, 0.25) is 0 Å². The second-order valence-electron chi connectivity index (χ2n) is 9.32. The van der Waals surface area contributed by atoms with Gasteiger partial charge in [-0.05, 0) is 12.8 Å². The van der Waals surface area contributed by atoms with E-state index in [2.05, 4.69) is 31.4 Å². The fraction of sp³-hybridized carbons (Fsp3) is 1.00. The molecule has 0 radical (unpaired) electrons. The van der Waals surface area contributed by atoms with Crippen LogP contribution < -0.4 is 0 Å². The van der Waals surface area contributed by atoms with E-state index in [1.54, 1.807) is 0 Å². The van der Waals surface area contributed by atoms with Gasteiger partial charge in [-0.1, -0.05) is 117 Å². The SMILES string of the molecule is CCCCCCCCCCC(O)CN(CCS)CC(O)CCCCCCCCCC. The standard InChI is InChI=1S/C26H55NO2S/c1-3-5-7-9-11-13-15-17-19-25(28)23-27(21-22-30)24-26(29)20-18-16-14-12-10-8-6-4-2/h25-26,28-30H,3-24H2,1-2H3. The normalized spacial score (nSPS) is 13.8. The molecule has 0 aliphatic heterocycles. The van der Waals surface area contributed by atoms with E-state index < -0.39 is 0 Å². The monoisotopic (exact) mass is 445 g/mol. The van der Waals surface area contributed by atoms with Gasteiger partial charge in [0.25, 0.3) is 0 Å². The Morgan fingerprint density at radius 2 is 0.900 bits per heavy atom. The second-order valence-corrected chi connectivity index (χ2v) is 9.77. The molecule has 0 aliphatic rings. The molecular weight excluding hydrogens is 390 g/mol. The van der Waals surface area contributed by atoms with Crippen molar-refractivity contribution in [1.82, 2.24) is 4.90 Å². The minimum atomic E-state index is -0.278. The third-order valence-electron chi connectivity index (χ3n) is 6.14. The Kier molecular flexibility index (Phi) is 24.1. The van der Waals surface area contributed by atoms with Crippen LogP contribution in [0.15, 0.2) is 0 Å². The maximum absolute atomic E-state index is 10.4. The van der Waals surface area contributed by atoms with E-state index in [1.165, 1.54) is 89.9 Å². The lowest BCUT2D eigenvalue weighted by molar-refractivity contribution is 0.0639. The summed E-state index contributed by atoms with van der Waals surface area (Å²) < 4.78 is 0. The molecular formula is C26H55NO2S. The van der Waals surface area contributed by atoms with Crippen LogP contribution >= 0.6 is 12.6 Å². The highest BCUT2D eigenvalue weighted by atomic mass is 32.1. The van der Waals surface area contributed by atoms with Gasteiger partial charge in [0.15, 0.2) is 0 Å². The molecule has 30 heavy (non-hydrogen) atoms. The molecule has 4 heteroatoms. The number of unbranched alkanes of at least 4 members (excludes halogenated alkanes) is 14. The number of nitrogens with zero attached hydrogens (tertiary/aromatic N) is 1. The fourth-order valence-electron chi connectivity index (χ4n) is 4.20. The molecule has 0 aromatic rings. The van der Waals surface area contributed by atoms with Crippen LogP contribution in [0, 0.1) is 0 Å². The van der Waals surface area contributed by atoms with Gasteiger partial charge in [0, 0.05) is 25.4 Å². The summed E-state index contributed by atoms with van der Waals surface area (Å²) >= 11 is 4.37. The summed E-state index contributed by atoms with van der Waals surface area (Å²) in [5.74, 6) is 0.773. The van der Waals surface area contributed by atoms with E-state index in [9.17, 15) is 10.2 Å². The van der Waals surface area contributed by atoms with Gasteiger partial charge in [-0.15, -0.1) is 0 Å². The van der Waals surface area contributed by atoms with Crippen molar-refractivity contribution < 1.29 is 10.2 Å². The number of thiol groups is 1. The van der Waals surface area contributed by atoms with Crippen LogP contribution in [0.25, 0.3) is 0 Å². The van der Waals surface area contributed by atoms with Crippen molar-refractivity contribution in [2.75, 3.05) is 25.4 Å². The van der Waals surface area contributed by atoms with Crippen molar-refractivity contribution in [2.24, 2.45) is 0 Å². The van der Waals surface area contributed by atoms with Gasteiger partial charge in [-0.2, -0.15) is 12.6 Å². The molecule has 182 valence electrons. The number of aliphatic hydroxyl groups is 2. The van der Waals surface area contributed by atoms with Crippen LogP contribution in [0.1, 0.15) is 129 Å². The third-order valence-corrected chi connectivity index (χ3v) is 6.34. The lowest BCUT2D eigenvalue weighted by Gasteiger charge is -2.27. The minimum Gasteiger partial charge on any atom is -0.392 e. The summed E-state index contributed by atoms with van der Waals surface area (Å²) in [6, 6.07) is 0. The van der Waals surface area contributed by atoms with E-state index >= 15 is 0 Å². The second kappa shape index (κ2) is 23.9. The van der Waals surface area contributed by atoms with Crippen LogP contribution in [0.4, 0.5) is 0 Å². The van der Waals surface area contributed by atoms with Crippen molar-refractivity contribution in [3.8, 4) is 0 Å². The first-order chi connectivity index (χ1) is 14.6. The quantitative estimate of drug-likeness (QED) is 0.111. The Bertz CT molecular complexity index is 302. The Balaban J connectivity index is 3.77. The van der Waals surface area contributed by atoms with Gasteiger partial charge in [-0.3, -0.25) is 4.90 Å². The zero-order valence-corrected chi connectivity index (χ0v) is 21.4. The lowest BCUT2D eigenvalue weighted by atomic mass is 10.0. The van der Waals surface area contributed by atoms with E-state index in [4.69, 9.17) is 0 Å². The van der Waals surface area contributed by atoms with E-state index in [-0.39, 0.29) is 12.2 Å². The summed E-state index contributed by atoms with van der Waals surface area (Å²) in [7, 11) is 0. The number of aliphatic hydroxyl groups excluding tert-OH is 2. The zero-order valence-electron chi connectivity index (χ0n) is 20.5. The molecule has 0 aromatic carbocycles. The maximum Gasteiger partial charge on any atom is 0.0667 e. The Hall–Kier alpha value is 0.230. The molecule has 0 amide bonds. The summed E-state index contributed by atoms with van der Waals surface area (Å²) in [5.41, 5.74) is 0. The Labute approximate surface area is 194 Å². The molecule has 0 saturated heterocycles. The van der Waals surface area contributed by atoms with Crippen molar-refractivity contribution >= 4 is 12.6 Å². The smallest absolute Gasteiger partial charge is 0.0667 e. The molecule has 0 aliphatic carbocycles. The first-order valence-electron chi connectivity index (χ1n) is 13.3. The highest BCUT2D eigenvalue weighted by Crippen LogP contribution is 2.13. The predicted molar refractivity (Wildman–Crippen MR) is 137 cm³/mol. The molecule has 3 nitrogen and oxygen atoms in total. The number of hydrogen-bond acceptors (Lipinski definition) is 4. The molecule has 0 aromatic heterocycles. The molecule has 0 bridgehead atoms. The summed E-state index contributed by atoms with van der Waals surface area (Å²) in [5, 5.41) is 20.8. The summed E-state index contributed by atoms with van der Waals surface area (Å²) in [4.78, 5) is 2.21. The van der Waals surface area contributed by atoms with Gasteiger partial charge in [0.1, 0.15) is 0 Å². The van der Waals surface area contributed by atoms with Gasteiger partial charge in [0.05, 0.1) is 12.2 Å². The average molecular weight is 446 g/mol. The predicted octanol–water partition coefficient (Wildman–Crippen LogP) is 7.00. The molecule has 0 heterocycles. The van der Waals surface area contributed by atoms with Crippen molar-refractivity contribution in [2.45, 2.75) is 142 Å². The van der Waals surface area contributed by atoms with Crippen LogP contribution in [-0.4, -0.2) is 52.7 Å². The van der Waals surface area contributed by atoms with E-state index in [0.29, 0.717) is 13.1 Å². The minimum absolute atomic E-state index is 0.278. The largest absolute Gasteiger partial charge is 0.392 e. The molecule has 2 atom stereocenters. The third kappa shape index (κ3) is 21.5. The zero-order chi connectivity index (χ0) is 22.3. The van der Waals surface area contributed by atoms with Gasteiger partial charge >= 0.3 is 0 Å². The molecule has 2 unspecified atom stereocenters. The number of rotatable bonds is 24. The Morgan fingerprint density at radius 3 is 1.23 bits per heavy atom. The van der Waals surface area contributed by atoms with E-state index in [0.717, 1.165) is 38.0 Å². The van der Waals surface area contributed by atoms with Gasteiger partial charge in [-0.25, -0.2) is 0 Å². The fourth-order valence-corrected chi connectivity index (χ4v) is 4.49. The lowest BCUT2D eigenvalue weighted by Crippen LogP contribution is -2.39. The summed E-state index contributed by atoms with van der Waals surface area (Å²) in [6.45, 7) is 6.70. The van der Waals surface area contributed by atoms with Crippen LogP contribution in [0.2, 0.25) is 0 Å². The van der Waals surface area contributed by atoms with Crippen LogP contribution in [0.5, 0.6) is 0 Å². The molecule has 0 saturated carbocycles.